The number of nitrogens with zero attached hydrogens (tertiary/aromatic N) is 4. The van der Waals surface area contributed by atoms with Crippen molar-refractivity contribution in [1.82, 2.24) is 42.5 Å². The number of primary amides is 1. The van der Waals surface area contributed by atoms with Gasteiger partial charge in [0.1, 0.15) is 48.0 Å². The maximum atomic E-state index is 14.5. The van der Waals surface area contributed by atoms with Crippen molar-refractivity contribution >= 4 is 77.0 Å². The molecule has 1 aromatic carbocycles. The Balaban J connectivity index is 3.53. The molecule has 0 bridgehead atoms. The molecule has 0 spiro atoms. The first-order valence-corrected chi connectivity index (χ1v) is 28.4. The fourth-order valence-corrected chi connectivity index (χ4v) is 8.31. The van der Waals surface area contributed by atoms with Crippen LogP contribution in [-0.4, -0.2) is 163 Å². The molecule has 0 aromatic heterocycles. The Morgan fingerprint density at radius 1 is 0.459 bits per heavy atom. The predicted octanol–water partition coefficient (Wildman–Crippen LogP) is -5.39. The van der Waals surface area contributed by atoms with Crippen LogP contribution in [0, 0.1) is 17.8 Å². The second-order valence-corrected chi connectivity index (χ2v) is 21.4. The normalized spacial score (nSPS) is 14.1. The number of phenols is 1. The van der Waals surface area contributed by atoms with Gasteiger partial charge in [-0.3, -0.25) is 63.1 Å². The number of benzene rings is 1. The minimum Gasteiger partial charge on any atom is -0.508 e. The van der Waals surface area contributed by atoms with Gasteiger partial charge in [-0.1, -0.05) is 60.1 Å². The molecule has 1 rings (SSSR count). The first kappa shape index (κ1) is 74.3. The van der Waals surface area contributed by atoms with Crippen molar-refractivity contribution in [2.45, 2.75) is 167 Å². The van der Waals surface area contributed by atoms with E-state index in [9.17, 15) is 48.3 Å². The maximum Gasteiger partial charge on any atom is 0.243 e. The summed E-state index contributed by atoms with van der Waals surface area (Å²) in [5.74, 6) is -8.66. The third-order valence-electron chi connectivity index (χ3n) is 13.0. The van der Waals surface area contributed by atoms with Crippen molar-refractivity contribution in [3.05, 3.63) is 29.8 Å². The number of carbonyl (C=O) groups is 9. The lowest BCUT2D eigenvalue weighted by atomic mass is 9.97. The predicted molar refractivity (Wildman–Crippen MR) is 324 cm³/mol. The molecular formula is C53H96N22O10. The summed E-state index contributed by atoms with van der Waals surface area (Å²) in [6.07, 6.45) is 1.60. The van der Waals surface area contributed by atoms with Crippen molar-refractivity contribution in [1.29, 1.82) is 0 Å². The number of nitrogens with one attached hydrogen (secondary N) is 8. The minimum atomic E-state index is -1.37. The molecule has 9 amide bonds. The molecular weight excluding hydrogens is 1100 g/mol. The molecule has 85 heavy (non-hydrogen) atoms. The monoisotopic (exact) mass is 1200 g/mol. The van der Waals surface area contributed by atoms with Gasteiger partial charge in [-0.25, -0.2) is 0 Å². The number of hydrogen-bond acceptors (Lipinski definition) is 15. The molecule has 32 nitrogen and oxygen atoms in total. The molecule has 478 valence electrons. The fourth-order valence-electron chi connectivity index (χ4n) is 8.31. The van der Waals surface area contributed by atoms with E-state index < -0.39 is 114 Å². The van der Waals surface area contributed by atoms with E-state index in [1.807, 2.05) is 13.8 Å². The first-order valence-electron chi connectivity index (χ1n) is 28.4. The van der Waals surface area contributed by atoms with Gasteiger partial charge in [0, 0.05) is 32.6 Å². The minimum absolute atomic E-state index is 0.0102. The Morgan fingerprint density at radius 3 is 1.26 bits per heavy atom. The number of guanidine groups is 4. The van der Waals surface area contributed by atoms with Gasteiger partial charge < -0.3 is 105 Å². The summed E-state index contributed by atoms with van der Waals surface area (Å²) < 4.78 is 0. The second kappa shape index (κ2) is 39.7. The molecule has 0 saturated heterocycles. The van der Waals surface area contributed by atoms with Crippen LogP contribution in [0.1, 0.15) is 118 Å². The van der Waals surface area contributed by atoms with Crippen molar-refractivity contribution in [2.75, 3.05) is 32.7 Å². The van der Waals surface area contributed by atoms with Gasteiger partial charge >= 0.3 is 0 Å². The van der Waals surface area contributed by atoms with E-state index in [1.165, 1.54) is 12.1 Å². The van der Waals surface area contributed by atoms with Crippen LogP contribution in [0.15, 0.2) is 44.2 Å². The van der Waals surface area contributed by atoms with Crippen LogP contribution < -0.4 is 99.9 Å². The number of amides is 9. The van der Waals surface area contributed by atoms with E-state index in [2.05, 4.69) is 62.5 Å². The van der Waals surface area contributed by atoms with E-state index in [-0.39, 0.29) is 132 Å². The Morgan fingerprint density at radius 2 is 0.824 bits per heavy atom. The Labute approximate surface area is 496 Å². The lowest BCUT2D eigenvalue weighted by Gasteiger charge is -2.29. The van der Waals surface area contributed by atoms with E-state index in [0.717, 1.165) is 0 Å². The summed E-state index contributed by atoms with van der Waals surface area (Å²) in [6.45, 7) is 10.5. The average Bonchev–Trinajstić information content (AvgIpc) is 3.62. The topological polar surface area (TPSA) is 580 Å². The Kier molecular flexibility index (Phi) is 34.7. The van der Waals surface area contributed by atoms with Crippen LogP contribution in [0.25, 0.3) is 0 Å². The maximum absolute atomic E-state index is 14.5. The van der Waals surface area contributed by atoms with E-state index in [4.69, 9.17) is 57.3 Å². The highest BCUT2D eigenvalue weighted by Crippen LogP contribution is 2.16. The highest BCUT2D eigenvalue weighted by Gasteiger charge is 2.35. The molecule has 0 saturated carbocycles. The van der Waals surface area contributed by atoms with Gasteiger partial charge in [-0.05, 0) is 99.7 Å². The molecule has 0 aliphatic carbocycles. The molecule has 29 N–H and O–H groups in total. The van der Waals surface area contributed by atoms with Gasteiger partial charge in [0.25, 0.3) is 0 Å². The molecule has 0 unspecified atom stereocenters. The lowest BCUT2D eigenvalue weighted by molar-refractivity contribution is -0.136. The quantitative estimate of drug-likeness (QED) is 0.0165. The van der Waals surface area contributed by atoms with Crippen LogP contribution in [-0.2, 0) is 49.6 Å². The van der Waals surface area contributed by atoms with Gasteiger partial charge in [0.15, 0.2) is 23.8 Å². The zero-order valence-electron chi connectivity index (χ0n) is 49.9. The van der Waals surface area contributed by atoms with Crippen LogP contribution in [0.5, 0.6) is 5.75 Å². The van der Waals surface area contributed by atoms with E-state index in [0.29, 0.717) is 18.4 Å². The Hall–Kier alpha value is -8.71. The molecule has 0 fully saturated rings. The summed E-state index contributed by atoms with van der Waals surface area (Å²) in [5, 5.41) is 31.2. The highest BCUT2D eigenvalue weighted by molar-refractivity contribution is 5.98. The van der Waals surface area contributed by atoms with Crippen LogP contribution in [0.3, 0.4) is 0 Å². The lowest BCUT2D eigenvalue weighted by Crippen LogP contribution is -2.60. The highest BCUT2D eigenvalue weighted by atomic mass is 16.3. The number of phenolic OH excluding ortho intramolecular Hbond substituents is 1. The van der Waals surface area contributed by atoms with Crippen molar-refractivity contribution in [3.8, 4) is 5.75 Å². The number of rotatable bonds is 41. The molecule has 0 radical (unpaired) electrons. The number of hydrogen-bond donors (Lipinski definition) is 19. The number of nitrogens with two attached hydrogens (primary N) is 10. The third-order valence-corrected chi connectivity index (χ3v) is 13.0. The largest absolute Gasteiger partial charge is 0.508 e. The zero-order valence-corrected chi connectivity index (χ0v) is 49.9. The zero-order chi connectivity index (χ0) is 64.3. The summed E-state index contributed by atoms with van der Waals surface area (Å²) in [6, 6.07) is -4.02. The molecule has 0 aliphatic rings. The molecule has 9 atom stereocenters. The van der Waals surface area contributed by atoms with E-state index >= 15 is 0 Å². The molecule has 32 heteroatoms. The fraction of sp³-hybridized carbons (Fsp3) is 0.642. The van der Waals surface area contributed by atoms with Crippen LogP contribution in [0.4, 0.5) is 0 Å². The van der Waals surface area contributed by atoms with Gasteiger partial charge in [-0.2, -0.15) is 0 Å². The molecule has 0 aliphatic heterocycles. The summed E-state index contributed by atoms with van der Waals surface area (Å²) in [7, 11) is 0. The number of aromatic hydroxyl groups is 1. The number of carbonyl (C=O) groups excluding carboxylic acids is 9. The van der Waals surface area contributed by atoms with Crippen molar-refractivity contribution in [2.24, 2.45) is 95.1 Å². The summed E-state index contributed by atoms with van der Waals surface area (Å²) in [5.41, 5.74) is 55.8. The molecule has 0 heterocycles. The summed E-state index contributed by atoms with van der Waals surface area (Å²) in [4.78, 5) is 140. The molecule has 1 aromatic rings. The van der Waals surface area contributed by atoms with E-state index in [1.54, 1.807) is 39.8 Å². The van der Waals surface area contributed by atoms with Crippen molar-refractivity contribution in [3.63, 3.8) is 0 Å². The van der Waals surface area contributed by atoms with Crippen LogP contribution >= 0.6 is 0 Å². The first-order chi connectivity index (χ1) is 39.9. The van der Waals surface area contributed by atoms with Gasteiger partial charge in [0.2, 0.25) is 53.2 Å². The standard InChI is InChI=1S/C53H96N22O10/c1-7-30(6)41(49(85)68-27-40(77)69-35(14-10-22-66-52(60)61)44(80)70-34(42(55)78)13-9-21-65-51(58)59)75-45(81)36(15-11-23-67-53(62)63)71-46(82)38(25-29(4)5)73-48(84)39(26-31-16-18-32(76)19-17-31)74-47(83)37(24-28(2)3)72-43(79)33(54)12-8-20-64-50(56)57/h16-19,28-30,33-39,41,76H,7-15,20-27,54H2,1-6H3,(H2,55,78)(H,68,85)(H,69,77)(H,70,80)(H,71,82)(H,72,79)(H,73,84)(H,74,83)(H,75,81)(H4,56,57,64)(H4,58,59,65)(H4,60,61,66)(H4,62,63,67)/t30-,33-,34-,35-,36-,37-,38-,39-,41-/m0/s1. The third kappa shape index (κ3) is 32.1. The smallest absolute Gasteiger partial charge is 0.243 e. The van der Waals surface area contributed by atoms with Crippen LogP contribution in [0.2, 0.25) is 0 Å². The SMILES string of the molecule is CC[C@H](C)[C@H](NC(=O)[C@H](CCCN=C(N)N)NC(=O)[C@H](CC(C)C)NC(=O)[C@H](Cc1ccc(O)cc1)NC(=O)[C@H](CC(C)C)NC(=O)[C@@H](N)CCCN=C(N)N)C(=O)NCC(=O)N[C@@H](CCCN=C(N)N)C(=O)N[C@@H](CCCN=C(N)N)C(N)=O. The second-order valence-electron chi connectivity index (χ2n) is 21.4. The summed E-state index contributed by atoms with van der Waals surface area (Å²) >= 11 is 0. The Bertz CT molecular complexity index is 2440. The van der Waals surface area contributed by atoms with Gasteiger partial charge in [0.05, 0.1) is 12.6 Å². The average molecular weight is 1200 g/mol. The van der Waals surface area contributed by atoms with Crippen molar-refractivity contribution < 1.29 is 48.3 Å². The number of aliphatic imine (C=N–C) groups is 4. The van der Waals surface area contributed by atoms with Gasteiger partial charge in [-0.15, -0.1) is 0 Å².